The highest BCUT2D eigenvalue weighted by atomic mass is 32.2. The summed E-state index contributed by atoms with van der Waals surface area (Å²) >= 11 is 0. The number of aliphatic carboxylic acids is 1. The van der Waals surface area contributed by atoms with Gasteiger partial charge in [-0.3, -0.25) is 13.8 Å². The van der Waals surface area contributed by atoms with Crippen molar-refractivity contribution in [3.05, 3.63) is 0 Å². The Morgan fingerprint density at radius 1 is 1.22 bits per heavy atom. The van der Waals surface area contributed by atoms with Crippen LogP contribution in [0.2, 0.25) is 0 Å². The number of rotatable bonds is 5. The molecule has 1 rings (SSSR count). The third-order valence-corrected chi connectivity index (χ3v) is 4.89. The summed E-state index contributed by atoms with van der Waals surface area (Å²) in [5.74, 6) is -1.42. The van der Waals surface area contributed by atoms with Gasteiger partial charge in [0.2, 0.25) is 5.91 Å². The fourth-order valence-corrected chi connectivity index (χ4v) is 3.33. The molecule has 1 aliphatic heterocycles. The van der Waals surface area contributed by atoms with E-state index in [4.69, 9.17) is 5.11 Å². The fourth-order valence-electron chi connectivity index (χ4n) is 2.11. The van der Waals surface area contributed by atoms with E-state index in [0.29, 0.717) is 13.1 Å². The van der Waals surface area contributed by atoms with Crippen LogP contribution in [0, 0.1) is 0 Å². The lowest BCUT2D eigenvalue weighted by molar-refractivity contribution is -0.136. The highest BCUT2D eigenvalue weighted by Crippen LogP contribution is 2.11. The number of likely N-dealkylation sites (tertiary alicyclic amines) is 1. The first-order valence-corrected chi connectivity index (χ1v) is 7.82. The van der Waals surface area contributed by atoms with Crippen LogP contribution in [0.3, 0.4) is 0 Å². The zero-order valence-electron chi connectivity index (χ0n) is 10.8. The molecule has 18 heavy (non-hydrogen) atoms. The fraction of sp³-hybridized carbons (Fsp3) is 0.833. The van der Waals surface area contributed by atoms with Crippen molar-refractivity contribution in [2.24, 2.45) is 0 Å². The lowest BCUT2D eigenvalue weighted by atomic mass is 10.2. The third kappa shape index (κ3) is 4.40. The molecule has 1 saturated heterocycles. The van der Waals surface area contributed by atoms with Crippen molar-refractivity contribution in [3.63, 3.8) is 0 Å². The van der Waals surface area contributed by atoms with Gasteiger partial charge in [-0.15, -0.1) is 0 Å². The predicted molar refractivity (Wildman–Crippen MR) is 69.8 cm³/mol. The summed E-state index contributed by atoms with van der Waals surface area (Å²) in [5, 5.41) is 7.96. The van der Waals surface area contributed by atoms with Crippen LogP contribution in [0.4, 0.5) is 0 Å². The Labute approximate surface area is 110 Å². The quantitative estimate of drug-likeness (QED) is 0.812. The van der Waals surface area contributed by atoms with Crippen LogP contribution in [-0.2, 0) is 20.4 Å². The highest BCUT2D eigenvalue weighted by Gasteiger charge is 2.26. The van der Waals surface area contributed by atoms with Gasteiger partial charge in [0.1, 0.15) is 11.0 Å². The minimum absolute atomic E-state index is 0.162. The van der Waals surface area contributed by atoms with Gasteiger partial charge in [0.15, 0.2) is 0 Å². The first-order chi connectivity index (χ1) is 8.56. The van der Waals surface area contributed by atoms with E-state index in [-0.39, 0.29) is 18.1 Å². The Kier molecular flexibility index (Phi) is 6.32. The lowest BCUT2D eigenvalue weighted by Crippen LogP contribution is -2.38. The summed E-state index contributed by atoms with van der Waals surface area (Å²) in [6, 6.07) is 0. The van der Waals surface area contributed by atoms with E-state index in [1.807, 2.05) is 0 Å². The molecule has 0 saturated carbocycles. The number of amides is 1. The first-order valence-electron chi connectivity index (χ1n) is 6.44. The van der Waals surface area contributed by atoms with E-state index in [1.54, 1.807) is 11.8 Å². The summed E-state index contributed by atoms with van der Waals surface area (Å²) in [4.78, 5) is 24.5. The maximum atomic E-state index is 11.9. The summed E-state index contributed by atoms with van der Waals surface area (Å²) in [6.45, 7) is 3.09. The zero-order valence-corrected chi connectivity index (χ0v) is 11.6. The number of hydrogen-bond acceptors (Lipinski definition) is 3. The number of nitrogens with zero attached hydrogens (tertiary/aromatic N) is 1. The van der Waals surface area contributed by atoms with Gasteiger partial charge in [0, 0.05) is 23.9 Å². The van der Waals surface area contributed by atoms with Crippen LogP contribution in [0.5, 0.6) is 0 Å². The topological polar surface area (TPSA) is 74.7 Å². The maximum absolute atomic E-state index is 11.9. The van der Waals surface area contributed by atoms with E-state index in [9.17, 15) is 13.8 Å². The van der Waals surface area contributed by atoms with E-state index in [0.717, 1.165) is 25.7 Å². The summed E-state index contributed by atoms with van der Waals surface area (Å²) < 4.78 is 11.8. The van der Waals surface area contributed by atoms with E-state index in [2.05, 4.69) is 0 Å². The largest absolute Gasteiger partial charge is 0.480 e. The molecule has 1 amide bonds. The van der Waals surface area contributed by atoms with Crippen LogP contribution in [-0.4, -0.2) is 50.2 Å². The molecule has 1 aliphatic rings. The number of carbonyl (C=O) groups is 2. The molecule has 0 aliphatic carbocycles. The van der Waals surface area contributed by atoms with E-state index >= 15 is 0 Å². The van der Waals surface area contributed by atoms with Crippen molar-refractivity contribution in [1.82, 2.24) is 4.90 Å². The standard InChI is InChI=1S/C12H21NO4S/c1-2-10(12(15)16)18(17)9-11(14)13-7-5-3-4-6-8-13/h10H,2-9H2,1H3,(H,15,16). The Morgan fingerprint density at radius 2 is 1.78 bits per heavy atom. The lowest BCUT2D eigenvalue weighted by Gasteiger charge is -2.20. The molecule has 0 aromatic rings. The number of carboxylic acid groups (broad SMARTS) is 1. The van der Waals surface area contributed by atoms with Gasteiger partial charge >= 0.3 is 5.97 Å². The molecule has 0 aromatic heterocycles. The Bertz CT molecular complexity index is 324. The van der Waals surface area contributed by atoms with Crippen LogP contribution in [0.15, 0.2) is 0 Å². The molecule has 0 aromatic carbocycles. The average molecular weight is 275 g/mol. The van der Waals surface area contributed by atoms with Gasteiger partial charge in [0.05, 0.1) is 0 Å². The zero-order chi connectivity index (χ0) is 13.5. The van der Waals surface area contributed by atoms with Gasteiger partial charge in [-0.25, -0.2) is 0 Å². The second-order valence-electron chi connectivity index (χ2n) is 4.56. The molecule has 6 heteroatoms. The molecule has 0 bridgehead atoms. The van der Waals surface area contributed by atoms with Crippen molar-refractivity contribution < 1.29 is 18.9 Å². The smallest absolute Gasteiger partial charge is 0.319 e. The van der Waals surface area contributed by atoms with Crippen LogP contribution < -0.4 is 0 Å². The summed E-state index contributed by atoms with van der Waals surface area (Å²) in [6.07, 6.45) is 4.50. The monoisotopic (exact) mass is 275 g/mol. The van der Waals surface area contributed by atoms with Gasteiger partial charge in [-0.05, 0) is 19.3 Å². The molecule has 0 radical (unpaired) electrons. The molecule has 5 nitrogen and oxygen atoms in total. The van der Waals surface area contributed by atoms with Crippen molar-refractivity contribution >= 4 is 22.7 Å². The minimum Gasteiger partial charge on any atom is -0.480 e. The third-order valence-electron chi connectivity index (χ3n) is 3.19. The van der Waals surface area contributed by atoms with Crippen LogP contribution in [0.1, 0.15) is 39.0 Å². The molecular weight excluding hydrogens is 254 g/mol. The number of carbonyl (C=O) groups excluding carboxylic acids is 1. The van der Waals surface area contributed by atoms with Gasteiger partial charge in [0.25, 0.3) is 0 Å². The summed E-state index contributed by atoms with van der Waals surface area (Å²) in [7, 11) is -1.62. The van der Waals surface area contributed by atoms with Crippen LogP contribution >= 0.6 is 0 Å². The number of hydrogen-bond donors (Lipinski definition) is 1. The molecule has 2 atom stereocenters. The summed E-state index contributed by atoms with van der Waals surface area (Å²) in [5.41, 5.74) is 0. The Morgan fingerprint density at radius 3 is 2.22 bits per heavy atom. The number of carboxylic acids is 1. The van der Waals surface area contributed by atoms with Gasteiger partial charge < -0.3 is 10.0 Å². The molecule has 0 spiro atoms. The van der Waals surface area contributed by atoms with Crippen molar-refractivity contribution in [2.45, 2.75) is 44.3 Å². The van der Waals surface area contributed by atoms with E-state index in [1.165, 1.54) is 0 Å². The van der Waals surface area contributed by atoms with Crippen molar-refractivity contribution in [1.29, 1.82) is 0 Å². The van der Waals surface area contributed by atoms with Crippen LogP contribution in [0.25, 0.3) is 0 Å². The molecule has 2 unspecified atom stereocenters. The molecule has 104 valence electrons. The van der Waals surface area contributed by atoms with Gasteiger partial charge in [-0.2, -0.15) is 0 Å². The second-order valence-corrected chi connectivity index (χ2v) is 6.17. The van der Waals surface area contributed by atoms with E-state index < -0.39 is 22.0 Å². The second kappa shape index (κ2) is 7.51. The molecule has 1 fully saturated rings. The predicted octanol–water partition coefficient (Wildman–Crippen LogP) is 1.00. The van der Waals surface area contributed by atoms with Crippen molar-refractivity contribution in [3.8, 4) is 0 Å². The Balaban J connectivity index is 2.52. The normalized spacial score (nSPS) is 19.9. The Hall–Kier alpha value is -0.910. The first kappa shape index (κ1) is 15.1. The minimum atomic E-state index is -1.62. The van der Waals surface area contributed by atoms with Crippen molar-refractivity contribution in [2.75, 3.05) is 18.8 Å². The van der Waals surface area contributed by atoms with Gasteiger partial charge in [-0.1, -0.05) is 19.8 Å². The molecule has 1 N–H and O–H groups in total. The maximum Gasteiger partial charge on any atom is 0.319 e. The molecule has 1 heterocycles. The average Bonchev–Trinajstić information content (AvgIpc) is 2.57. The SMILES string of the molecule is CCC(C(=O)O)S(=O)CC(=O)N1CCCCCC1. The highest BCUT2D eigenvalue weighted by molar-refractivity contribution is 7.87. The molecular formula is C12H21NO4S.